The normalized spacial score (nSPS) is 11.4. The van der Waals surface area contributed by atoms with Crippen molar-refractivity contribution >= 4 is 23.1 Å². The van der Waals surface area contributed by atoms with E-state index in [-0.39, 0.29) is 5.91 Å². The van der Waals surface area contributed by atoms with Crippen LogP contribution >= 0.6 is 0 Å². The van der Waals surface area contributed by atoms with Crippen LogP contribution in [0.3, 0.4) is 0 Å². The predicted octanol–water partition coefficient (Wildman–Crippen LogP) is 4.15. The summed E-state index contributed by atoms with van der Waals surface area (Å²) in [6.45, 7) is 9.99. The van der Waals surface area contributed by atoms with Gasteiger partial charge in [-0.15, -0.1) is 0 Å². The first-order valence-electron chi connectivity index (χ1n) is 10.2. The molecule has 0 aliphatic carbocycles. The van der Waals surface area contributed by atoms with Crippen molar-refractivity contribution in [2.24, 2.45) is 0 Å². The van der Waals surface area contributed by atoms with Gasteiger partial charge in [0.25, 0.3) is 11.6 Å². The molecule has 2 aromatic heterocycles. The molecule has 0 aliphatic heterocycles. The second-order valence-corrected chi connectivity index (χ2v) is 8.41. The lowest BCUT2D eigenvalue weighted by Gasteiger charge is -2.19. The SMILES string of the molecule is Cc1ccc(-c2cc(C(=O)NCCCNC(=O)OC(C)(C)C)c3c(C)noc3n2)cc1. The number of nitrogens with zero attached hydrogens (tertiary/aromatic N) is 2. The number of benzene rings is 1. The minimum Gasteiger partial charge on any atom is -0.444 e. The number of rotatable bonds is 6. The highest BCUT2D eigenvalue weighted by Gasteiger charge is 2.19. The number of aromatic nitrogens is 2. The maximum absolute atomic E-state index is 12.9. The van der Waals surface area contributed by atoms with Crippen LogP contribution in [0.1, 0.15) is 48.8 Å². The van der Waals surface area contributed by atoms with E-state index >= 15 is 0 Å². The summed E-state index contributed by atoms with van der Waals surface area (Å²) in [4.78, 5) is 29.1. The zero-order valence-corrected chi connectivity index (χ0v) is 18.5. The Labute approximate surface area is 181 Å². The molecule has 3 aromatic rings. The quantitative estimate of drug-likeness (QED) is 0.576. The molecular weight excluding hydrogens is 396 g/mol. The molecule has 2 heterocycles. The molecule has 31 heavy (non-hydrogen) atoms. The van der Waals surface area contributed by atoms with Crippen LogP contribution in [0.15, 0.2) is 34.9 Å². The van der Waals surface area contributed by atoms with Gasteiger partial charge in [0.1, 0.15) is 5.60 Å². The highest BCUT2D eigenvalue weighted by atomic mass is 16.6. The van der Waals surface area contributed by atoms with E-state index in [9.17, 15) is 9.59 Å². The number of pyridine rings is 1. The summed E-state index contributed by atoms with van der Waals surface area (Å²) in [6.07, 6.45) is 0.0876. The summed E-state index contributed by atoms with van der Waals surface area (Å²) in [5.74, 6) is -0.246. The van der Waals surface area contributed by atoms with Crippen LogP contribution in [-0.4, -0.2) is 40.8 Å². The van der Waals surface area contributed by atoms with Gasteiger partial charge in [-0.3, -0.25) is 4.79 Å². The predicted molar refractivity (Wildman–Crippen MR) is 118 cm³/mol. The highest BCUT2D eigenvalue weighted by molar-refractivity contribution is 6.07. The maximum Gasteiger partial charge on any atom is 0.407 e. The summed E-state index contributed by atoms with van der Waals surface area (Å²) >= 11 is 0. The van der Waals surface area contributed by atoms with E-state index in [1.54, 1.807) is 33.8 Å². The van der Waals surface area contributed by atoms with Crippen LogP contribution in [0.4, 0.5) is 4.79 Å². The van der Waals surface area contributed by atoms with Gasteiger partial charge in [-0.2, -0.15) is 0 Å². The zero-order chi connectivity index (χ0) is 22.6. The molecule has 1 aromatic carbocycles. The maximum atomic E-state index is 12.9. The molecule has 0 unspecified atom stereocenters. The van der Waals surface area contributed by atoms with E-state index in [0.717, 1.165) is 11.1 Å². The molecule has 2 amide bonds. The fourth-order valence-electron chi connectivity index (χ4n) is 3.04. The number of carbonyl (C=O) groups excluding carboxylic acids is 2. The Morgan fingerprint density at radius 3 is 2.42 bits per heavy atom. The summed E-state index contributed by atoms with van der Waals surface area (Å²) < 4.78 is 10.5. The third-order valence-corrected chi connectivity index (χ3v) is 4.52. The van der Waals surface area contributed by atoms with E-state index in [1.807, 2.05) is 31.2 Å². The van der Waals surface area contributed by atoms with Crippen LogP contribution in [0.25, 0.3) is 22.4 Å². The molecule has 0 saturated carbocycles. The van der Waals surface area contributed by atoms with Crippen LogP contribution in [0.2, 0.25) is 0 Å². The molecule has 8 nitrogen and oxygen atoms in total. The van der Waals surface area contributed by atoms with E-state index in [1.165, 1.54) is 0 Å². The van der Waals surface area contributed by atoms with Crippen molar-refractivity contribution in [2.75, 3.05) is 13.1 Å². The van der Waals surface area contributed by atoms with E-state index in [2.05, 4.69) is 20.8 Å². The van der Waals surface area contributed by atoms with Crippen LogP contribution in [-0.2, 0) is 4.74 Å². The lowest BCUT2D eigenvalue weighted by atomic mass is 10.0. The molecule has 3 rings (SSSR count). The number of amides is 2. The zero-order valence-electron chi connectivity index (χ0n) is 18.5. The smallest absolute Gasteiger partial charge is 0.407 e. The number of hydrogen-bond donors (Lipinski definition) is 2. The average molecular weight is 425 g/mol. The number of nitrogens with one attached hydrogen (secondary N) is 2. The molecule has 0 spiro atoms. The van der Waals surface area contributed by atoms with Gasteiger partial charge in [0, 0.05) is 18.7 Å². The second-order valence-electron chi connectivity index (χ2n) is 8.41. The average Bonchev–Trinajstić information content (AvgIpc) is 3.07. The number of alkyl carbamates (subject to hydrolysis) is 1. The summed E-state index contributed by atoms with van der Waals surface area (Å²) in [6, 6.07) is 9.65. The molecule has 0 fully saturated rings. The second kappa shape index (κ2) is 9.16. The Kier molecular flexibility index (Phi) is 6.58. The Morgan fingerprint density at radius 1 is 1.06 bits per heavy atom. The van der Waals surface area contributed by atoms with Gasteiger partial charge >= 0.3 is 6.09 Å². The molecule has 0 radical (unpaired) electrons. The van der Waals surface area contributed by atoms with Crippen LogP contribution < -0.4 is 10.6 Å². The summed E-state index contributed by atoms with van der Waals surface area (Å²) in [7, 11) is 0. The Balaban J connectivity index is 1.68. The molecule has 2 N–H and O–H groups in total. The number of ether oxygens (including phenoxy) is 1. The topological polar surface area (TPSA) is 106 Å². The van der Waals surface area contributed by atoms with Crippen molar-refractivity contribution in [3.8, 4) is 11.3 Å². The van der Waals surface area contributed by atoms with Gasteiger partial charge in [0.05, 0.1) is 22.3 Å². The minimum atomic E-state index is -0.545. The monoisotopic (exact) mass is 424 g/mol. The lowest BCUT2D eigenvalue weighted by Crippen LogP contribution is -2.34. The first-order valence-corrected chi connectivity index (χ1v) is 10.2. The molecule has 164 valence electrons. The largest absolute Gasteiger partial charge is 0.444 e. The van der Waals surface area contributed by atoms with E-state index in [0.29, 0.717) is 47.6 Å². The van der Waals surface area contributed by atoms with Crippen molar-refractivity contribution in [3.63, 3.8) is 0 Å². The lowest BCUT2D eigenvalue weighted by molar-refractivity contribution is 0.0527. The third kappa shape index (κ3) is 5.81. The Bertz CT molecular complexity index is 1080. The van der Waals surface area contributed by atoms with Crippen LogP contribution in [0, 0.1) is 13.8 Å². The summed E-state index contributed by atoms with van der Waals surface area (Å²) in [5.41, 5.74) is 3.51. The molecule has 0 atom stereocenters. The van der Waals surface area contributed by atoms with E-state index < -0.39 is 11.7 Å². The first-order chi connectivity index (χ1) is 14.6. The van der Waals surface area contributed by atoms with E-state index in [4.69, 9.17) is 9.26 Å². The van der Waals surface area contributed by atoms with Crippen molar-refractivity contribution in [1.82, 2.24) is 20.8 Å². The standard InChI is InChI=1S/C23H28N4O4/c1-14-7-9-16(10-8-14)18-13-17(19-15(2)27-31-21(19)26-18)20(28)24-11-6-12-25-22(29)30-23(3,4)5/h7-10,13H,6,11-12H2,1-5H3,(H,24,28)(H,25,29). The van der Waals surface area contributed by atoms with Gasteiger partial charge in [-0.1, -0.05) is 35.0 Å². The third-order valence-electron chi connectivity index (χ3n) is 4.52. The fourth-order valence-corrected chi connectivity index (χ4v) is 3.04. The van der Waals surface area contributed by atoms with Gasteiger partial charge in [0.2, 0.25) is 0 Å². The molecule has 0 bridgehead atoms. The molecule has 0 saturated heterocycles. The Hall–Kier alpha value is -3.42. The molecule has 0 aliphatic rings. The van der Waals surface area contributed by atoms with Gasteiger partial charge in [0.15, 0.2) is 0 Å². The number of fused-ring (bicyclic) bond motifs is 1. The van der Waals surface area contributed by atoms with Gasteiger partial charge in [-0.05, 0) is 47.1 Å². The number of carbonyl (C=O) groups is 2. The first kappa shape index (κ1) is 22.3. The van der Waals surface area contributed by atoms with Crippen molar-refractivity contribution in [1.29, 1.82) is 0 Å². The molecular formula is C23H28N4O4. The number of hydrogen-bond acceptors (Lipinski definition) is 6. The molecule has 8 heteroatoms. The van der Waals surface area contributed by atoms with Gasteiger partial charge in [-0.25, -0.2) is 9.78 Å². The van der Waals surface area contributed by atoms with Crippen molar-refractivity contribution in [3.05, 3.63) is 47.2 Å². The number of aryl methyl sites for hydroxylation is 2. The van der Waals surface area contributed by atoms with Crippen LogP contribution in [0.5, 0.6) is 0 Å². The van der Waals surface area contributed by atoms with Gasteiger partial charge < -0.3 is 19.9 Å². The fraction of sp³-hybridized carbons (Fsp3) is 0.391. The van der Waals surface area contributed by atoms with Crippen molar-refractivity contribution in [2.45, 2.75) is 46.6 Å². The Morgan fingerprint density at radius 2 is 1.74 bits per heavy atom. The highest BCUT2D eigenvalue weighted by Crippen LogP contribution is 2.27. The minimum absolute atomic E-state index is 0.246. The summed E-state index contributed by atoms with van der Waals surface area (Å²) in [5, 5.41) is 10.1. The van der Waals surface area contributed by atoms with Crippen molar-refractivity contribution < 1.29 is 18.8 Å².